The number of rotatable bonds is 4. The highest BCUT2D eigenvalue weighted by atomic mass is 79.9. The lowest BCUT2D eigenvalue weighted by atomic mass is 10.1. The van der Waals surface area contributed by atoms with Crippen molar-refractivity contribution in [1.29, 1.82) is 0 Å². The predicted molar refractivity (Wildman–Crippen MR) is 78.5 cm³/mol. The summed E-state index contributed by atoms with van der Waals surface area (Å²) in [5.74, 6) is 0.240. The highest BCUT2D eigenvalue weighted by molar-refractivity contribution is 9.10. The topological polar surface area (TPSA) is 20.2 Å². The maximum absolute atomic E-state index is 9.95. The molecule has 0 saturated heterocycles. The molecule has 1 aromatic rings. The van der Waals surface area contributed by atoms with Crippen molar-refractivity contribution in [2.45, 2.75) is 26.7 Å². The van der Waals surface area contributed by atoms with Crippen LogP contribution in [0.5, 0.6) is 0 Å². The molecule has 3 heteroatoms. The van der Waals surface area contributed by atoms with Gasteiger partial charge in [-0.05, 0) is 53.0 Å². The van der Waals surface area contributed by atoms with Crippen LogP contribution in [-0.4, -0.2) is 5.11 Å². The van der Waals surface area contributed by atoms with Crippen molar-refractivity contribution in [2.24, 2.45) is 0 Å². The average Bonchev–Trinajstić information content (AvgIpc) is 2.29. The molecule has 0 aromatic heterocycles. The van der Waals surface area contributed by atoms with Crippen molar-refractivity contribution in [1.82, 2.24) is 0 Å². The van der Waals surface area contributed by atoms with Gasteiger partial charge in [0, 0.05) is 10.0 Å². The Labute approximate surface area is 116 Å². The van der Waals surface area contributed by atoms with E-state index in [1.165, 1.54) is 0 Å². The molecule has 1 rings (SSSR count). The molecule has 0 aliphatic rings. The zero-order chi connectivity index (χ0) is 12.8. The van der Waals surface area contributed by atoms with E-state index < -0.39 is 0 Å². The molecule has 0 heterocycles. The highest BCUT2D eigenvalue weighted by Gasteiger charge is 2.06. The van der Waals surface area contributed by atoms with Crippen LogP contribution in [0.4, 0.5) is 0 Å². The fraction of sp³-hybridized carbons (Fsp3) is 0.286. The predicted octanol–water partition coefficient (Wildman–Crippen LogP) is 5.67. The summed E-state index contributed by atoms with van der Waals surface area (Å²) in [6, 6.07) is 3.66. The molecule has 0 unspecified atom stereocenters. The van der Waals surface area contributed by atoms with Crippen LogP contribution in [0.3, 0.4) is 0 Å². The first-order valence-electron chi connectivity index (χ1n) is 5.58. The Morgan fingerprint density at radius 2 is 2.18 bits per heavy atom. The number of hydrogen-bond donors (Lipinski definition) is 1. The second-order valence-electron chi connectivity index (χ2n) is 3.85. The maximum atomic E-state index is 9.95. The molecule has 0 aliphatic heterocycles. The summed E-state index contributed by atoms with van der Waals surface area (Å²) in [4.78, 5) is 0. The molecule has 17 heavy (non-hydrogen) atoms. The number of benzene rings is 1. The molecular weight excluding hydrogens is 300 g/mol. The number of allylic oxidation sites excluding steroid dienone is 3. The second-order valence-corrected chi connectivity index (χ2v) is 5.11. The molecule has 0 spiro atoms. The molecule has 0 radical (unpaired) electrons. The Hall–Kier alpha value is -0.730. The second kappa shape index (κ2) is 6.87. The van der Waals surface area contributed by atoms with Crippen molar-refractivity contribution in [3.63, 3.8) is 0 Å². The van der Waals surface area contributed by atoms with Crippen molar-refractivity contribution >= 4 is 33.3 Å². The van der Waals surface area contributed by atoms with Crippen LogP contribution in [0.1, 0.15) is 30.9 Å². The third kappa shape index (κ3) is 4.21. The Bertz CT molecular complexity index is 450. The minimum Gasteiger partial charge on any atom is -0.507 e. The molecule has 1 nitrogen and oxygen atoms in total. The number of aliphatic hydroxyl groups is 1. The van der Waals surface area contributed by atoms with Crippen LogP contribution >= 0.6 is 27.5 Å². The maximum Gasteiger partial charge on any atom is 0.123 e. The molecule has 0 saturated carbocycles. The van der Waals surface area contributed by atoms with Crippen molar-refractivity contribution < 1.29 is 5.11 Å². The molecule has 1 N–H and O–H groups in total. The monoisotopic (exact) mass is 314 g/mol. The first-order chi connectivity index (χ1) is 8.06. The van der Waals surface area contributed by atoms with Gasteiger partial charge in [-0.2, -0.15) is 0 Å². The molecule has 0 atom stereocenters. The summed E-state index contributed by atoms with van der Waals surface area (Å²) in [6.07, 6.45) is 7.72. The van der Waals surface area contributed by atoms with Crippen molar-refractivity contribution in [3.05, 3.63) is 51.0 Å². The molecule has 0 bridgehead atoms. The van der Waals surface area contributed by atoms with Gasteiger partial charge in [0.05, 0.1) is 5.02 Å². The van der Waals surface area contributed by atoms with Crippen LogP contribution in [0.25, 0.3) is 5.76 Å². The van der Waals surface area contributed by atoms with E-state index in [1.54, 1.807) is 12.1 Å². The quantitative estimate of drug-likeness (QED) is 0.561. The number of aliphatic hydroxyl groups excluding tert-OH is 1. The lowest BCUT2D eigenvalue weighted by Crippen LogP contribution is -1.88. The summed E-state index contributed by atoms with van der Waals surface area (Å²) in [5, 5.41) is 10.6. The van der Waals surface area contributed by atoms with E-state index in [0.717, 1.165) is 28.4 Å². The van der Waals surface area contributed by atoms with Gasteiger partial charge in [0.1, 0.15) is 5.76 Å². The van der Waals surface area contributed by atoms with E-state index in [9.17, 15) is 5.11 Å². The van der Waals surface area contributed by atoms with Crippen LogP contribution in [0, 0.1) is 6.92 Å². The van der Waals surface area contributed by atoms with Crippen molar-refractivity contribution in [2.75, 3.05) is 0 Å². The third-order valence-corrected chi connectivity index (χ3v) is 3.59. The highest BCUT2D eigenvalue weighted by Crippen LogP contribution is 2.28. The van der Waals surface area contributed by atoms with Gasteiger partial charge in [-0.1, -0.05) is 37.1 Å². The van der Waals surface area contributed by atoms with Gasteiger partial charge in [0.25, 0.3) is 0 Å². The van der Waals surface area contributed by atoms with Gasteiger partial charge in [-0.3, -0.25) is 0 Å². The normalized spacial score (nSPS) is 12.4. The summed E-state index contributed by atoms with van der Waals surface area (Å²) >= 11 is 9.37. The van der Waals surface area contributed by atoms with Crippen molar-refractivity contribution in [3.8, 4) is 0 Å². The zero-order valence-electron chi connectivity index (χ0n) is 10.0. The minimum atomic E-state index is 0.240. The molecular formula is C14H16BrClO. The van der Waals surface area contributed by atoms with Crippen LogP contribution < -0.4 is 0 Å². The van der Waals surface area contributed by atoms with Gasteiger partial charge in [0.2, 0.25) is 0 Å². The van der Waals surface area contributed by atoms with Crippen LogP contribution in [0.15, 0.2) is 34.8 Å². The fourth-order valence-electron chi connectivity index (χ4n) is 1.43. The van der Waals surface area contributed by atoms with Gasteiger partial charge < -0.3 is 5.11 Å². The summed E-state index contributed by atoms with van der Waals surface area (Å²) < 4.78 is 0.842. The first-order valence-corrected chi connectivity index (χ1v) is 6.75. The Balaban J connectivity index is 2.96. The minimum absolute atomic E-state index is 0.240. The van der Waals surface area contributed by atoms with Crippen LogP contribution in [0.2, 0.25) is 5.02 Å². The first kappa shape index (κ1) is 14.3. The lowest BCUT2D eigenvalue weighted by molar-refractivity contribution is 0.511. The smallest absolute Gasteiger partial charge is 0.123 e. The average molecular weight is 316 g/mol. The molecule has 0 amide bonds. The number of halogens is 2. The molecule has 92 valence electrons. The van der Waals surface area contributed by atoms with E-state index in [-0.39, 0.29) is 5.76 Å². The van der Waals surface area contributed by atoms with E-state index in [0.29, 0.717) is 5.02 Å². The van der Waals surface area contributed by atoms with E-state index >= 15 is 0 Å². The van der Waals surface area contributed by atoms with E-state index in [4.69, 9.17) is 11.6 Å². The number of unbranched alkanes of at least 4 members (excludes halogenated alkanes) is 1. The van der Waals surface area contributed by atoms with Gasteiger partial charge in [0.15, 0.2) is 0 Å². The summed E-state index contributed by atoms with van der Waals surface area (Å²) in [5.41, 5.74) is 1.75. The zero-order valence-corrected chi connectivity index (χ0v) is 12.3. The number of aryl methyl sites for hydroxylation is 1. The van der Waals surface area contributed by atoms with E-state index in [1.807, 2.05) is 25.1 Å². The molecule has 1 aromatic carbocycles. The largest absolute Gasteiger partial charge is 0.507 e. The summed E-state index contributed by atoms with van der Waals surface area (Å²) in [7, 11) is 0. The van der Waals surface area contributed by atoms with Gasteiger partial charge >= 0.3 is 0 Å². The Morgan fingerprint density at radius 1 is 1.47 bits per heavy atom. The molecule has 0 aliphatic carbocycles. The lowest BCUT2D eigenvalue weighted by Gasteiger charge is -2.06. The SMILES string of the molecule is CCC/C=C/C=C(/O)c1cc(Cl)c(Br)cc1C. The number of hydrogen-bond acceptors (Lipinski definition) is 1. The van der Waals surface area contributed by atoms with Gasteiger partial charge in [-0.15, -0.1) is 0 Å². The third-order valence-electron chi connectivity index (χ3n) is 2.39. The van der Waals surface area contributed by atoms with Gasteiger partial charge in [-0.25, -0.2) is 0 Å². The standard InChI is InChI=1S/C14H16BrClO/c1-3-4-5-6-7-14(17)11-9-13(16)12(15)8-10(11)2/h5-9,17H,3-4H2,1-2H3/b6-5+,14-7+. The molecule has 0 fully saturated rings. The Kier molecular flexibility index (Phi) is 5.79. The fourth-order valence-corrected chi connectivity index (χ4v) is 2.06. The van der Waals surface area contributed by atoms with Crippen LogP contribution in [-0.2, 0) is 0 Å². The Morgan fingerprint density at radius 3 is 2.82 bits per heavy atom. The summed E-state index contributed by atoms with van der Waals surface area (Å²) in [6.45, 7) is 4.06. The van der Waals surface area contributed by atoms with E-state index in [2.05, 4.69) is 22.9 Å².